The molecule has 3 atom stereocenters. The number of rotatable bonds is 2. The van der Waals surface area contributed by atoms with E-state index in [2.05, 4.69) is 16.1 Å². The normalized spacial score (nSPS) is 28.0. The number of nitrogens with zero attached hydrogens (tertiary/aromatic N) is 3. The fourth-order valence-electron chi connectivity index (χ4n) is 4.07. The zero-order valence-electron chi connectivity index (χ0n) is 12.1. The predicted molar refractivity (Wildman–Crippen MR) is 76.9 cm³/mol. The highest BCUT2D eigenvalue weighted by Crippen LogP contribution is 2.43. The highest BCUT2D eigenvalue weighted by atomic mass is 16.3. The highest BCUT2D eigenvalue weighted by Gasteiger charge is 2.44. The van der Waals surface area contributed by atoms with Gasteiger partial charge < -0.3 is 9.32 Å². The number of hydrogen-bond acceptors (Lipinski definition) is 3. The van der Waals surface area contributed by atoms with E-state index in [1.807, 2.05) is 17.9 Å². The van der Waals surface area contributed by atoms with Crippen LogP contribution in [0.4, 0.5) is 0 Å². The fraction of sp³-hybridized carbons (Fsp3) is 0.500. The fourth-order valence-corrected chi connectivity index (χ4v) is 4.07. The average molecular weight is 285 g/mol. The second kappa shape index (κ2) is 4.76. The van der Waals surface area contributed by atoms with Gasteiger partial charge in [-0.15, -0.1) is 0 Å². The smallest absolute Gasteiger partial charge is 0.257 e. The van der Waals surface area contributed by atoms with Gasteiger partial charge in [0.15, 0.2) is 0 Å². The molecule has 0 radical (unpaired) electrons. The minimum Gasteiger partial charge on any atom is -0.472 e. The summed E-state index contributed by atoms with van der Waals surface area (Å²) in [6.45, 7) is 0. The Morgan fingerprint density at radius 3 is 2.62 bits per heavy atom. The summed E-state index contributed by atoms with van der Waals surface area (Å²) in [5.41, 5.74) is 1.97. The quantitative estimate of drug-likeness (QED) is 0.852. The molecular weight excluding hydrogens is 266 g/mol. The van der Waals surface area contributed by atoms with Gasteiger partial charge in [0.1, 0.15) is 6.26 Å². The Hall–Kier alpha value is -2.04. The summed E-state index contributed by atoms with van der Waals surface area (Å²) in [4.78, 5) is 14.7. The van der Waals surface area contributed by atoms with Crippen molar-refractivity contribution in [3.8, 4) is 0 Å². The topological polar surface area (TPSA) is 51.3 Å². The van der Waals surface area contributed by atoms with Crippen LogP contribution in [0.3, 0.4) is 0 Å². The van der Waals surface area contributed by atoms with Crippen LogP contribution in [0.1, 0.15) is 47.7 Å². The lowest BCUT2D eigenvalue weighted by Gasteiger charge is -2.38. The number of carbonyl (C=O) groups excluding carboxylic acids is 1. The maximum absolute atomic E-state index is 12.6. The lowest BCUT2D eigenvalue weighted by molar-refractivity contribution is 0.0567. The first-order valence-corrected chi connectivity index (χ1v) is 7.57. The molecule has 1 unspecified atom stereocenters. The molecular formula is C16H19N3O2. The van der Waals surface area contributed by atoms with E-state index in [1.165, 1.54) is 5.69 Å². The first kappa shape index (κ1) is 12.7. The average Bonchev–Trinajstić information content (AvgIpc) is 3.19. The predicted octanol–water partition coefficient (Wildman–Crippen LogP) is 2.56. The van der Waals surface area contributed by atoms with E-state index in [4.69, 9.17) is 4.42 Å². The molecule has 0 spiro atoms. The SMILES string of the molecule is Cn1nccc1C1C[C@H]2CC[C@@H](C1)N2C(=O)c1ccoc1. The van der Waals surface area contributed by atoms with Gasteiger partial charge in [0, 0.05) is 36.9 Å². The van der Waals surface area contributed by atoms with Gasteiger partial charge in [-0.25, -0.2) is 0 Å². The molecule has 4 heterocycles. The molecule has 21 heavy (non-hydrogen) atoms. The van der Waals surface area contributed by atoms with Gasteiger partial charge >= 0.3 is 0 Å². The van der Waals surface area contributed by atoms with Gasteiger partial charge in [-0.2, -0.15) is 5.10 Å². The van der Waals surface area contributed by atoms with Crippen molar-refractivity contribution >= 4 is 5.91 Å². The van der Waals surface area contributed by atoms with Crippen LogP contribution in [0.2, 0.25) is 0 Å². The Bertz CT molecular complexity index is 632. The summed E-state index contributed by atoms with van der Waals surface area (Å²) in [6, 6.07) is 4.57. The number of hydrogen-bond donors (Lipinski definition) is 0. The zero-order valence-corrected chi connectivity index (χ0v) is 12.1. The summed E-state index contributed by atoms with van der Waals surface area (Å²) in [5.74, 6) is 0.642. The van der Waals surface area contributed by atoms with Crippen LogP contribution in [0.25, 0.3) is 0 Å². The van der Waals surface area contributed by atoms with Crippen LogP contribution in [0.5, 0.6) is 0 Å². The van der Waals surface area contributed by atoms with Crippen molar-refractivity contribution in [3.05, 3.63) is 42.1 Å². The Labute approximate surface area is 123 Å². The Balaban J connectivity index is 1.57. The molecule has 110 valence electrons. The van der Waals surface area contributed by atoms with Crippen LogP contribution in [-0.4, -0.2) is 32.7 Å². The van der Waals surface area contributed by atoms with Crippen molar-refractivity contribution in [1.82, 2.24) is 14.7 Å². The molecule has 0 aromatic carbocycles. The lowest BCUT2D eigenvalue weighted by atomic mass is 9.87. The van der Waals surface area contributed by atoms with E-state index in [0.29, 0.717) is 23.6 Å². The summed E-state index contributed by atoms with van der Waals surface area (Å²) < 4.78 is 7.02. The van der Waals surface area contributed by atoms with Gasteiger partial charge in [-0.1, -0.05) is 0 Å². The molecule has 5 heteroatoms. The zero-order chi connectivity index (χ0) is 14.4. The molecule has 5 nitrogen and oxygen atoms in total. The van der Waals surface area contributed by atoms with Gasteiger partial charge in [0.05, 0.1) is 11.8 Å². The summed E-state index contributed by atoms with van der Waals surface area (Å²) in [6.07, 6.45) is 9.29. The van der Waals surface area contributed by atoms with E-state index >= 15 is 0 Å². The van der Waals surface area contributed by atoms with E-state index in [-0.39, 0.29) is 5.91 Å². The van der Waals surface area contributed by atoms with Crippen molar-refractivity contribution in [3.63, 3.8) is 0 Å². The summed E-state index contributed by atoms with van der Waals surface area (Å²) in [7, 11) is 2.00. The number of furan rings is 1. The minimum absolute atomic E-state index is 0.125. The number of piperidine rings is 1. The van der Waals surface area contributed by atoms with Gasteiger partial charge in [0.2, 0.25) is 0 Å². The molecule has 2 aliphatic rings. The third-order valence-electron chi connectivity index (χ3n) is 5.01. The van der Waals surface area contributed by atoms with E-state index in [1.54, 1.807) is 18.6 Å². The van der Waals surface area contributed by atoms with Gasteiger partial charge in [-0.3, -0.25) is 9.48 Å². The third kappa shape index (κ3) is 1.99. The van der Waals surface area contributed by atoms with Crippen LogP contribution < -0.4 is 0 Å². The molecule has 2 saturated heterocycles. The van der Waals surface area contributed by atoms with Gasteiger partial charge in [-0.05, 0) is 37.8 Å². The van der Waals surface area contributed by atoms with Crippen molar-refractivity contribution in [2.45, 2.75) is 43.7 Å². The largest absolute Gasteiger partial charge is 0.472 e. The van der Waals surface area contributed by atoms with Crippen molar-refractivity contribution in [2.24, 2.45) is 7.05 Å². The molecule has 2 fully saturated rings. The van der Waals surface area contributed by atoms with Crippen molar-refractivity contribution < 1.29 is 9.21 Å². The summed E-state index contributed by atoms with van der Waals surface area (Å²) in [5, 5.41) is 4.28. The Morgan fingerprint density at radius 2 is 2.05 bits per heavy atom. The Kier molecular flexibility index (Phi) is 2.87. The monoisotopic (exact) mass is 285 g/mol. The third-order valence-corrected chi connectivity index (χ3v) is 5.01. The molecule has 1 amide bonds. The number of aromatic nitrogens is 2. The Morgan fingerprint density at radius 1 is 1.29 bits per heavy atom. The maximum Gasteiger partial charge on any atom is 0.257 e. The number of aryl methyl sites for hydroxylation is 1. The second-order valence-corrected chi connectivity index (χ2v) is 6.16. The standard InChI is InChI=1S/C16H19N3O2/c1-18-15(4-6-17-18)12-8-13-2-3-14(9-12)19(13)16(20)11-5-7-21-10-11/h4-7,10,12-14H,2-3,8-9H2,1H3/t12?,13-,14+. The molecule has 0 aliphatic carbocycles. The number of amides is 1. The van der Waals surface area contributed by atoms with Crippen LogP contribution in [-0.2, 0) is 7.05 Å². The lowest BCUT2D eigenvalue weighted by Crippen LogP contribution is -2.46. The number of fused-ring (bicyclic) bond motifs is 2. The molecule has 2 aromatic rings. The molecule has 0 N–H and O–H groups in total. The first-order valence-electron chi connectivity index (χ1n) is 7.57. The minimum atomic E-state index is 0.125. The van der Waals surface area contributed by atoms with E-state index in [0.717, 1.165) is 25.7 Å². The number of carbonyl (C=O) groups is 1. The van der Waals surface area contributed by atoms with Gasteiger partial charge in [0.25, 0.3) is 5.91 Å². The van der Waals surface area contributed by atoms with Crippen molar-refractivity contribution in [1.29, 1.82) is 0 Å². The van der Waals surface area contributed by atoms with Crippen LogP contribution in [0.15, 0.2) is 35.3 Å². The second-order valence-electron chi connectivity index (χ2n) is 6.16. The van der Waals surface area contributed by atoms with Crippen molar-refractivity contribution in [2.75, 3.05) is 0 Å². The van der Waals surface area contributed by atoms with E-state index < -0.39 is 0 Å². The van der Waals surface area contributed by atoms with Crippen LogP contribution in [0, 0.1) is 0 Å². The molecule has 2 bridgehead atoms. The molecule has 2 aliphatic heterocycles. The first-order chi connectivity index (χ1) is 10.2. The maximum atomic E-state index is 12.6. The molecule has 2 aromatic heterocycles. The highest BCUT2D eigenvalue weighted by molar-refractivity contribution is 5.94. The van der Waals surface area contributed by atoms with E-state index in [9.17, 15) is 4.79 Å². The van der Waals surface area contributed by atoms with Crippen LogP contribution >= 0.6 is 0 Å². The molecule has 0 saturated carbocycles. The molecule has 4 rings (SSSR count). The summed E-state index contributed by atoms with van der Waals surface area (Å²) >= 11 is 0.